The van der Waals surface area contributed by atoms with Gasteiger partial charge in [0.05, 0.1) is 0 Å². The minimum absolute atomic E-state index is 0.0110. The van der Waals surface area contributed by atoms with Crippen LogP contribution in [0, 0.1) is 0 Å². The van der Waals surface area contributed by atoms with Crippen molar-refractivity contribution in [3.63, 3.8) is 0 Å². The molecule has 0 saturated heterocycles. The largest absolute Gasteiger partial charge is 0.337 e. The summed E-state index contributed by atoms with van der Waals surface area (Å²) in [6.07, 6.45) is 0.248. The lowest BCUT2D eigenvalue weighted by molar-refractivity contribution is -0.123. The summed E-state index contributed by atoms with van der Waals surface area (Å²) >= 11 is 6.58. The first-order chi connectivity index (χ1) is 14.8. The van der Waals surface area contributed by atoms with Gasteiger partial charge in [0, 0.05) is 33.2 Å². The average Bonchev–Trinajstić information content (AvgIpc) is 2.74. The first-order valence-electron chi connectivity index (χ1n) is 9.04. The molecule has 0 aromatic heterocycles. The summed E-state index contributed by atoms with van der Waals surface area (Å²) in [5.41, 5.74) is 10.0. The van der Waals surface area contributed by atoms with Crippen molar-refractivity contribution in [2.24, 2.45) is 0 Å². The number of carbonyl (C=O) groups excluding carboxylic acids is 4. The molecule has 164 valence electrons. The molecule has 0 radical (unpaired) electrons. The first kappa shape index (κ1) is 24.2. The van der Waals surface area contributed by atoms with E-state index in [9.17, 15) is 19.2 Å². The lowest BCUT2D eigenvalue weighted by Gasteiger charge is -2.10. The Hall–Kier alpha value is -3.12. The number of rotatable bonds is 6. The Morgan fingerprint density at radius 1 is 0.581 bits per heavy atom. The highest BCUT2D eigenvalue weighted by molar-refractivity contribution is 9.10. The van der Waals surface area contributed by atoms with E-state index in [4.69, 9.17) is 0 Å². The van der Waals surface area contributed by atoms with Crippen LogP contribution in [0.3, 0.4) is 0 Å². The Balaban J connectivity index is 1.56. The van der Waals surface area contributed by atoms with Crippen molar-refractivity contribution in [3.8, 4) is 0 Å². The van der Waals surface area contributed by atoms with Crippen LogP contribution in [0.4, 0.5) is 21.0 Å². The third-order valence-corrected chi connectivity index (χ3v) is 4.70. The zero-order chi connectivity index (χ0) is 22.6. The summed E-state index contributed by atoms with van der Waals surface area (Å²) in [5, 5.41) is 5.10. The van der Waals surface area contributed by atoms with Crippen molar-refractivity contribution in [1.82, 2.24) is 21.7 Å². The summed E-state index contributed by atoms with van der Waals surface area (Å²) in [6, 6.07) is 12.6. The van der Waals surface area contributed by atoms with E-state index in [1.165, 1.54) is 0 Å². The molecule has 2 aromatic rings. The quantitative estimate of drug-likeness (QED) is 0.304. The molecule has 0 bridgehead atoms. The summed E-state index contributed by atoms with van der Waals surface area (Å²) < 4.78 is 1.74. The molecule has 10 nitrogen and oxygen atoms in total. The van der Waals surface area contributed by atoms with Crippen LogP contribution < -0.4 is 32.3 Å². The number of halogens is 2. The predicted molar refractivity (Wildman–Crippen MR) is 123 cm³/mol. The number of amides is 6. The smallest absolute Gasteiger partial charge is 0.307 e. The molecule has 12 heteroatoms. The van der Waals surface area contributed by atoms with Gasteiger partial charge in [-0.1, -0.05) is 31.9 Å². The molecule has 0 unspecified atom stereocenters. The second-order valence-electron chi connectivity index (χ2n) is 6.12. The van der Waals surface area contributed by atoms with Gasteiger partial charge in [-0.05, 0) is 55.0 Å². The Labute approximate surface area is 195 Å². The summed E-state index contributed by atoms with van der Waals surface area (Å²) in [7, 11) is 0. The fourth-order valence-corrected chi connectivity index (χ4v) is 2.71. The van der Waals surface area contributed by atoms with Crippen LogP contribution in [0.25, 0.3) is 0 Å². The molecule has 0 heterocycles. The first-order valence-corrected chi connectivity index (χ1v) is 10.6. The van der Waals surface area contributed by atoms with Gasteiger partial charge in [-0.3, -0.25) is 20.4 Å². The van der Waals surface area contributed by atoms with E-state index in [1.807, 2.05) is 0 Å². The Morgan fingerprint density at radius 3 is 1.29 bits per heavy atom. The van der Waals surface area contributed by atoms with Crippen LogP contribution in [0.2, 0.25) is 0 Å². The second-order valence-corrected chi connectivity index (χ2v) is 7.95. The van der Waals surface area contributed by atoms with Crippen LogP contribution in [-0.4, -0.2) is 23.9 Å². The number of urea groups is 2. The molecule has 31 heavy (non-hydrogen) atoms. The van der Waals surface area contributed by atoms with Crippen molar-refractivity contribution >= 4 is 67.1 Å². The zero-order valence-electron chi connectivity index (χ0n) is 16.1. The van der Waals surface area contributed by atoms with Crippen molar-refractivity contribution in [2.45, 2.75) is 19.3 Å². The summed E-state index contributed by atoms with van der Waals surface area (Å²) in [5.74, 6) is -0.917. The molecule has 0 saturated carbocycles. The molecule has 0 spiro atoms. The summed E-state index contributed by atoms with van der Waals surface area (Å²) in [6.45, 7) is 0. The molecule has 2 rings (SSSR count). The van der Waals surface area contributed by atoms with Gasteiger partial charge in [0.25, 0.3) is 0 Å². The standard InChI is InChI=1S/C19H20Br2N6O4/c20-12-4-8-14(9-5-12)22-18(30)26-24-16(28)2-1-3-17(29)25-27-19(31)23-15-10-6-13(21)7-11-15/h4-11H,1-3H2,(H,24,28)(H,25,29)(H2,22,26,30)(H2,23,27,31). The molecule has 2 aromatic carbocycles. The molecule has 0 aliphatic carbocycles. The molecule has 6 N–H and O–H groups in total. The highest BCUT2D eigenvalue weighted by Gasteiger charge is 2.08. The highest BCUT2D eigenvalue weighted by atomic mass is 79.9. The van der Waals surface area contributed by atoms with Crippen molar-refractivity contribution in [1.29, 1.82) is 0 Å². The normalized spacial score (nSPS) is 9.87. The number of anilines is 2. The third kappa shape index (κ3) is 9.96. The van der Waals surface area contributed by atoms with E-state index >= 15 is 0 Å². The molecule has 0 atom stereocenters. The van der Waals surface area contributed by atoms with E-state index in [2.05, 4.69) is 64.2 Å². The third-order valence-electron chi connectivity index (χ3n) is 3.64. The van der Waals surface area contributed by atoms with E-state index in [-0.39, 0.29) is 19.3 Å². The van der Waals surface area contributed by atoms with Gasteiger partial charge in [0.2, 0.25) is 11.8 Å². The van der Waals surface area contributed by atoms with Crippen molar-refractivity contribution in [3.05, 3.63) is 57.5 Å². The van der Waals surface area contributed by atoms with E-state index in [0.29, 0.717) is 11.4 Å². The fourth-order valence-electron chi connectivity index (χ4n) is 2.18. The van der Waals surface area contributed by atoms with Gasteiger partial charge in [0.1, 0.15) is 0 Å². The van der Waals surface area contributed by atoms with Crippen LogP contribution in [0.1, 0.15) is 19.3 Å². The van der Waals surface area contributed by atoms with Gasteiger partial charge < -0.3 is 10.6 Å². The number of carbonyl (C=O) groups is 4. The number of hydrogen-bond acceptors (Lipinski definition) is 4. The number of hydrazine groups is 2. The number of hydrogen-bond donors (Lipinski definition) is 6. The molecule has 0 fully saturated rings. The van der Waals surface area contributed by atoms with Gasteiger partial charge in [-0.25, -0.2) is 20.4 Å². The number of nitrogens with one attached hydrogen (secondary N) is 6. The molecular weight excluding hydrogens is 536 g/mol. The Bertz CT molecular complexity index is 847. The maximum absolute atomic E-state index is 11.7. The lowest BCUT2D eigenvalue weighted by Crippen LogP contribution is -2.44. The zero-order valence-corrected chi connectivity index (χ0v) is 19.3. The van der Waals surface area contributed by atoms with Crippen LogP contribution in [-0.2, 0) is 9.59 Å². The minimum atomic E-state index is -0.602. The monoisotopic (exact) mass is 554 g/mol. The SMILES string of the molecule is O=C(CCCC(=O)NNC(=O)Nc1ccc(Br)cc1)NNC(=O)Nc1ccc(Br)cc1. The average molecular weight is 556 g/mol. The Kier molecular flexibility index (Phi) is 9.78. The Morgan fingerprint density at radius 2 is 0.935 bits per heavy atom. The van der Waals surface area contributed by atoms with Crippen molar-refractivity contribution < 1.29 is 19.2 Å². The summed E-state index contributed by atoms with van der Waals surface area (Å²) in [4.78, 5) is 46.9. The van der Waals surface area contributed by atoms with Crippen LogP contribution >= 0.6 is 31.9 Å². The highest BCUT2D eigenvalue weighted by Crippen LogP contribution is 2.14. The van der Waals surface area contributed by atoms with Gasteiger partial charge in [-0.15, -0.1) is 0 Å². The van der Waals surface area contributed by atoms with Gasteiger partial charge in [-0.2, -0.15) is 0 Å². The van der Waals surface area contributed by atoms with E-state index < -0.39 is 23.9 Å². The van der Waals surface area contributed by atoms with Gasteiger partial charge >= 0.3 is 12.1 Å². The van der Waals surface area contributed by atoms with E-state index in [1.54, 1.807) is 48.5 Å². The van der Waals surface area contributed by atoms with Gasteiger partial charge in [0.15, 0.2) is 0 Å². The maximum atomic E-state index is 11.7. The fraction of sp³-hybridized carbons (Fsp3) is 0.158. The van der Waals surface area contributed by atoms with Crippen molar-refractivity contribution in [2.75, 3.05) is 10.6 Å². The lowest BCUT2D eigenvalue weighted by atomic mass is 10.2. The van der Waals surface area contributed by atoms with Crippen LogP contribution in [0.15, 0.2) is 57.5 Å². The number of benzene rings is 2. The molecule has 0 aliphatic rings. The topological polar surface area (TPSA) is 140 Å². The second kappa shape index (κ2) is 12.5. The molecule has 0 aliphatic heterocycles. The predicted octanol–water partition coefficient (Wildman–Crippen LogP) is 3.39. The molecule has 6 amide bonds. The maximum Gasteiger partial charge on any atom is 0.337 e. The van der Waals surface area contributed by atoms with Crippen LogP contribution in [0.5, 0.6) is 0 Å². The molecular formula is C19H20Br2N6O4. The van der Waals surface area contributed by atoms with E-state index in [0.717, 1.165) is 8.95 Å². The minimum Gasteiger partial charge on any atom is -0.307 e.